The Morgan fingerprint density at radius 1 is 1.15 bits per heavy atom. The molecule has 0 aromatic heterocycles. The molecule has 5 nitrogen and oxygen atoms in total. The Bertz CT molecular complexity index is 644. The quantitative estimate of drug-likeness (QED) is 0.544. The standard InChI is InChI=1S/C20H32BBrN2O3/c1-14(25)23-20(5,18(26)24-19(2,3)4)12-16(13-21(6)27)11-15-7-9-17(22)10-8-15/h7-10,16,27H,11-13H2,1-6H3,(H,23,25)(H,24,26)/t16-,20?/m1/s1. The maximum absolute atomic E-state index is 12.9. The normalized spacial score (nSPS) is 14.8. The molecule has 1 unspecified atom stereocenters. The topological polar surface area (TPSA) is 78.4 Å². The van der Waals surface area contributed by atoms with E-state index in [0.29, 0.717) is 12.7 Å². The lowest BCUT2D eigenvalue weighted by Gasteiger charge is -2.36. The van der Waals surface area contributed by atoms with Gasteiger partial charge in [-0.1, -0.05) is 34.9 Å². The molecular weight excluding hydrogens is 407 g/mol. The van der Waals surface area contributed by atoms with Crippen LogP contribution in [0.25, 0.3) is 0 Å². The van der Waals surface area contributed by atoms with E-state index in [2.05, 4.69) is 26.6 Å². The molecule has 0 radical (unpaired) electrons. The van der Waals surface area contributed by atoms with Crippen LogP contribution in [0, 0.1) is 5.92 Å². The number of carbonyl (C=O) groups is 2. The van der Waals surface area contributed by atoms with Gasteiger partial charge in [-0.05, 0) is 70.5 Å². The Balaban J connectivity index is 3.07. The van der Waals surface area contributed by atoms with Gasteiger partial charge in [0.1, 0.15) is 5.54 Å². The highest BCUT2D eigenvalue weighted by Crippen LogP contribution is 2.26. The highest BCUT2D eigenvalue weighted by molar-refractivity contribution is 9.10. The van der Waals surface area contributed by atoms with Crippen LogP contribution in [0.5, 0.6) is 0 Å². The highest BCUT2D eigenvalue weighted by Gasteiger charge is 2.38. The summed E-state index contributed by atoms with van der Waals surface area (Å²) in [6.07, 6.45) is 1.71. The van der Waals surface area contributed by atoms with Crippen LogP contribution in [0.4, 0.5) is 0 Å². The average molecular weight is 439 g/mol. The van der Waals surface area contributed by atoms with Gasteiger partial charge in [-0.15, -0.1) is 0 Å². The zero-order chi connectivity index (χ0) is 20.8. The first-order valence-electron chi connectivity index (χ1n) is 9.34. The van der Waals surface area contributed by atoms with Gasteiger partial charge in [0.25, 0.3) is 6.92 Å². The van der Waals surface area contributed by atoms with Crippen molar-refractivity contribution in [3.05, 3.63) is 34.3 Å². The second-order valence-corrected chi connectivity index (χ2v) is 9.62. The third-order valence-corrected chi connectivity index (χ3v) is 4.78. The molecule has 150 valence electrons. The molecule has 0 aliphatic rings. The third-order valence-electron chi connectivity index (χ3n) is 4.25. The Hall–Kier alpha value is -1.34. The Labute approximate surface area is 171 Å². The molecular formula is C20H32BBrN2O3. The Morgan fingerprint density at radius 3 is 2.15 bits per heavy atom. The fourth-order valence-corrected chi connectivity index (χ4v) is 3.58. The predicted molar refractivity (Wildman–Crippen MR) is 115 cm³/mol. The summed E-state index contributed by atoms with van der Waals surface area (Å²) in [5, 5.41) is 15.8. The molecule has 3 N–H and O–H groups in total. The zero-order valence-corrected chi connectivity index (χ0v) is 18.8. The summed E-state index contributed by atoms with van der Waals surface area (Å²) in [5.41, 5.74) is -0.318. The van der Waals surface area contributed by atoms with Crippen LogP contribution in [0.15, 0.2) is 28.7 Å². The van der Waals surface area contributed by atoms with Crippen molar-refractivity contribution >= 4 is 34.7 Å². The van der Waals surface area contributed by atoms with Crippen LogP contribution in [0.2, 0.25) is 13.1 Å². The van der Waals surface area contributed by atoms with Gasteiger partial charge in [-0.25, -0.2) is 0 Å². The second-order valence-electron chi connectivity index (χ2n) is 8.70. The molecule has 1 rings (SSSR count). The highest BCUT2D eigenvalue weighted by atomic mass is 79.9. The van der Waals surface area contributed by atoms with Crippen molar-refractivity contribution in [1.29, 1.82) is 0 Å². The number of benzene rings is 1. The van der Waals surface area contributed by atoms with Gasteiger partial charge in [0.2, 0.25) is 11.8 Å². The monoisotopic (exact) mass is 438 g/mol. The molecule has 0 spiro atoms. The number of hydrogen-bond donors (Lipinski definition) is 3. The first-order chi connectivity index (χ1) is 12.3. The zero-order valence-electron chi connectivity index (χ0n) is 17.2. The fourth-order valence-electron chi connectivity index (χ4n) is 3.32. The SMILES string of the molecule is CB(O)C[C@H](Cc1ccc(Br)cc1)CC(C)(NC(C)=O)C(=O)NC(C)(C)C. The molecule has 0 aliphatic heterocycles. The second kappa shape index (κ2) is 9.74. The Morgan fingerprint density at radius 2 is 1.70 bits per heavy atom. The largest absolute Gasteiger partial charge is 0.451 e. The number of carbonyl (C=O) groups excluding carboxylic acids is 2. The maximum Gasteiger partial charge on any atom is 0.286 e. The minimum Gasteiger partial charge on any atom is -0.451 e. The Kier molecular flexibility index (Phi) is 8.55. The summed E-state index contributed by atoms with van der Waals surface area (Å²) in [5.74, 6) is -0.425. The van der Waals surface area contributed by atoms with Crippen LogP contribution >= 0.6 is 15.9 Å². The van der Waals surface area contributed by atoms with Crippen molar-refractivity contribution in [1.82, 2.24) is 10.6 Å². The molecule has 2 amide bonds. The summed E-state index contributed by atoms with van der Waals surface area (Å²) >= 11 is 3.43. The van der Waals surface area contributed by atoms with Crippen LogP contribution < -0.4 is 10.6 Å². The van der Waals surface area contributed by atoms with Gasteiger partial charge < -0.3 is 15.7 Å². The van der Waals surface area contributed by atoms with E-state index in [1.54, 1.807) is 13.7 Å². The van der Waals surface area contributed by atoms with E-state index in [-0.39, 0.29) is 17.7 Å². The third kappa shape index (κ3) is 8.93. The summed E-state index contributed by atoms with van der Waals surface area (Å²) in [6.45, 7) is 10.2. The molecule has 27 heavy (non-hydrogen) atoms. The lowest BCUT2D eigenvalue weighted by atomic mass is 9.61. The van der Waals surface area contributed by atoms with E-state index in [9.17, 15) is 14.6 Å². The number of amides is 2. The molecule has 1 aromatic rings. The number of halogens is 1. The first kappa shape index (κ1) is 23.7. The van der Waals surface area contributed by atoms with E-state index in [0.717, 1.165) is 16.5 Å². The molecule has 2 atom stereocenters. The molecule has 1 aromatic carbocycles. The van der Waals surface area contributed by atoms with Gasteiger partial charge in [-0.3, -0.25) is 9.59 Å². The van der Waals surface area contributed by atoms with Gasteiger partial charge in [0.15, 0.2) is 0 Å². The van der Waals surface area contributed by atoms with Crippen LogP contribution in [-0.4, -0.2) is 34.8 Å². The van der Waals surface area contributed by atoms with Gasteiger partial charge in [0.05, 0.1) is 0 Å². The van der Waals surface area contributed by atoms with Gasteiger partial charge in [-0.2, -0.15) is 0 Å². The van der Waals surface area contributed by atoms with Crippen molar-refractivity contribution in [3.8, 4) is 0 Å². The van der Waals surface area contributed by atoms with Crippen LogP contribution in [0.3, 0.4) is 0 Å². The van der Waals surface area contributed by atoms with Crippen molar-refractivity contribution in [2.24, 2.45) is 5.92 Å². The van der Waals surface area contributed by atoms with E-state index in [1.165, 1.54) is 6.92 Å². The summed E-state index contributed by atoms with van der Waals surface area (Å²) < 4.78 is 1.01. The van der Waals surface area contributed by atoms with Crippen LogP contribution in [0.1, 0.15) is 46.6 Å². The number of rotatable bonds is 8. The van der Waals surface area contributed by atoms with E-state index in [4.69, 9.17) is 0 Å². The lowest BCUT2D eigenvalue weighted by Crippen LogP contribution is -2.60. The molecule has 0 fully saturated rings. The predicted octanol–water partition coefficient (Wildman–Crippen LogP) is 3.42. The van der Waals surface area contributed by atoms with Crippen LogP contribution in [-0.2, 0) is 16.0 Å². The van der Waals surface area contributed by atoms with E-state index < -0.39 is 18.0 Å². The van der Waals surface area contributed by atoms with E-state index >= 15 is 0 Å². The average Bonchev–Trinajstić information content (AvgIpc) is 2.46. The molecule has 0 aliphatic carbocycles. The van der Waals surface area contributed by atoms with Crippen molar-refractivity contribution in [3.63, 3.8) is 0 Å². The molecule has 0 bridgehead atoms. The maximum atomic E-state index is 12.9. The molecule has 0 heterocycles. The van der Waals surface area contributed by atoms with Crippen molar-refractivity contribution < 1.29 is 14.6 Å². The van der Waals surface area contributed by atoms with Gasteiger partial charge in [0, 0.05) is 16.9 Å². The van der Waals surface area contributed by atoms with Crippen molar-refractivity contribution in [2.45, 2.75) is 71.7 Å². The number of nitrogens with one attached hydrogen (secondary N) is 2. The minimum absolute atomic E-state index is 0.0359. The van der Waals surface area contributed by atoms with E-state index in [1.807, 2.05) is 45.0 Å². The summed E-state index contributed by atoms with van der Waals surface area (Å²) in [6, 6.07) is 8.02. The molecule has 0 saturated carbocycles. The smallest absolute Gasteiger partial charge is 0.286 e. The summed E-state index contributed by atoms with van der Waals surface area (Å²) in [4.78, 5) is 24.7. The summed E-state index contributed by atoms with van der Waals surface area (Å²) in [7, 11) is 0. The van der Waals surface area contributed by atoms with Gasteiger partial charge >= 0.3 is 0 Å². The first-order valence-corrected chi connectivity index (χ1v) is 10.1. The molecule has 0 saturated heterocycles. The minimum atomic E-state index is -1.05. The number of hydrogen-bond acceptors (Lipinski definition) is 3. The lowest BCUT2D eigenvalue weighted by molar-refractivity contribution is -0.134. The molecule has 7 heteroatoms. The fraction of sp³-hybridized carbons (Fsp3) is 0.600. The van der Waals surface area contributed by atoms with Crippen molar-refractivity contribution in [2.75, 3.05) is 0 Å².